The van der Waals surface area contributed by atoms with Gasteiger partial charge in [-0.05, 0) is 32.1 Å². The molecule has 88 valence electrons. The zero-order chi connectivity index (χ0) is 10.9. The maximum absolute atomic E-state index is 5.56. The van der Waals surface area contributed by atoms with Crippen LogP contribution in [0.5, 0.6) is 0 Å². The highest BCUT2D eigenvalue weighted by molar-refractivity contribution is 4.96. The van der Waals surface area contributed by atoms with Gasteiger partial charge in [0.05, 0.1) is 13.2 Å². The molecule has 1 saturated heterocycles. The summed E-state index contributed by atoms with van der Waals surface area (Å²) in [5, 5.41) is 3.58. The first-order valence-corrected chi connectivity index (χ1v) is 6.05. The average Bonchev–Trinajstić information content (AvgIpc) is 2.79. The van der Waals surface area contributed by atoms with Gasteiger partial charge in [0.2, 0.25) is 0 Å². The molecule has 2 aliphatic rings. The zero-order valence-corrected chi connectivity index (χ0v) is 10.1. The van der Waals surface area contributed by atoms with Crippen LogP contribution in [0.25, 0.3) is 0 Å². The van der Waals surface area contributed by atoms with E-state index in [2.05, 4.69) is 19.2 Å². The van der Waals surface area contributed by atoms with Crippen LogP contribution in [0.3, 0.4) is 0 Å². The summed E-state index contributed by atoms with van der Waals surface area (Å²) >= 11 is 0. The summed E-state index contributed by atoms with van der Waals surface area (Å²) in [6.45, 7) is 9.13. The molecule has 1 saturated carbocycles. The first kappa shape index (κ1) is 11.4. The van der Waals surface area contributed by atoms with Crippen molar-refractivity contribution in [3.8, 4) is 0 Å². The van der Waals surface area contributed by atoms with Gasteiger partial charge in [-0.2, -0.15) is 0 Å². The molecule has 0 radical (unpaired) electrons. The summed E-state index contributed by atoms with van der Waals surface area (Å²) in [4.78, 5) is 0. The molecule has 3 heteroatoms. The Hall–Kier alpha value is -0.120. The highest BCUT2D eigenvalue weighted by Gasteiger charge is 2.42. The van der Waals surface area contributed by atoms with E-state index in [0.29, 0.717) is 11.5 Å². The molecule has 0 aromatic heterocycles. The molecule has 1 heterocycles. The average molecular weight is 213 g/mol. The SMILES string of the molecule is CC(NCCC1(C)OCCO1)C1(C)CC1. The molecule has 0 aromatic rings. The summed E-state index contributed by atoms with van der Waals surface area (Å²) in [5.41, 5.74) is 0.554. The van der Waals surface area contributed by atoms with E-state index in [-0.39, 0.29) is 5.79 Å². The summed E-state index contributed by atoms with van der Waals surface area (Å²) in [7, 11) is 0. The maximum atomic E-state index is 5.56. The van der Waals surface area contributed by atoms with Crippen molar-refractivity contribution in [2.45, 2.75) is 51.9 Å². The van der Waals surface area contributed by atoms with Gasteiger partial charge >= 0.3 is 0 Å². The van der Waals surface area contributed by atoms with Gasteiger partial charge in [0.1, 0.15) is 0 Å². The zero-order valence-electron chi connectivity index (χ0n) is 10.1. The lowest BCUT2D eigenvalue weighted by Crippen LogP contribution is -2.38. The second-order valence-corrected chi connectivity index (χ2v) is 5.41. The van der Waals surface area contributed by atoms with Crippen LogP contribution in [-0.4, -0.2) is 31.6 Å². The van der Waals surface area contributed by atoms with E-state index in [4.69, 9.17) is 9.47 Å². The predicted octanol–water partition coefficient (Wildman–Crippen LogP) is 1.92. The van der Waals surface area contributed by atoms with Crippen LogP contribution in [0, 0.1) is 5.41 Å². The van der Waals surface area contributed by atoms with Gasteiger partial charge in [0, 0.05) is 19.0 Å². The van der Waals surface area contributed by atoms with Gasteiger partial charge in [-0.25, -0.2) is 0 Å². The monoisotopic (exact) mass is 213 g/mol. The van der Waals surface area contributed by atoms with Gasteiger partial charge in [-0.1, -0.05) is 6.92 Å². The number of ether oxygens (including phenoxy) is 2. The van der Waals surface area contributed by atoms with E-state index in [0.717, 1.165) is 26.2 Å². The van der Waals surface area contributed by atoms with E-state index in [1.54, 1.807) is 0 Å². The van der Waals surface area contributed by atoms with E-state index in [1.165, 1.54) is 12.8 Å². The quantitative estimate of drug-likeness (QED) is 0.757. The first-order valence-electron chi connectivity index (χ1n) is 6.05. The van der Waals surface area contributed by atoms with Crippen LogP contribution in [0.15, 0.2) is 0 Å². The number of hydrogen-bond acceptors (Lipinski definition) is 3. The molecule has 15 heavy (non-hydrogen) atoms. The number of hydrogen-bond donors (Lipinski definition) is 1. The van der Waals surface area contributed by atoms with Gasteiger partial charge in [0.15, 0.2) is 5.79 Å². The third kappa shape index (κ3) is 2.71. The fourth-order valence-electron chi connectivity index (χ4n) is 2.09. The van der Waals surface area contributed by atoms with E-state index < -0.39 is 0 Å². The van der Waals surface area contributed by atoms with Gasteiger partial charge in [-0.3, -0.25) is 0 Å². The Morgan fingerprint density at radius 1 is 1.20 bits per heavy atom. The molecule has 2 fully saturated rings. The third-order valence-corrected chi connectivity index (χ3v) is 4.01. The molecule has 1 N–H and O–H groups in total. The summed E-state index contributed by atoms with van der Waals surface area (Å²) in [6.07, 6.45) is 3.67. The normalized spacial score (nSPS) is 29.0. The number of rotatable bonds is 5. The van der Waals surface area contributed by atoms with Crippen LogP contribution in [0.2, 0.25) is 0 Å². The molecule has 2 rings (SSSR count). The Labute approximate surface area is 92.5 Å². The summed E-state index contributed by atoms with van der Waals surface area (Å²) in [6, 6.07) is 0.613. The standard InChI is InChI=1S/C12H23NO2/c1-10(11(2)4-5-11)13-7-6-12(3)14-8-9-15-12/h10,13H,4-9H2,1-3H3. The third-order valence-electron chi connectivity index (χ3n) is 4.01. The topological polar surface area (TPSA) is 30.5 Å². The van der Waals surface area contributed by atoms with Crippen molar-refractivity contribution in [1.29, 1.82) is 0 Å². The fourth-order valence-corrected chi connectivity index (χ4v) is 2.09. The largest absolute Gasteiger partial charge is 0.348 e. The molecule has 1 aliphatic carbocycles. The van der Waals surface area contributed by atoms with Crippen molar-refractivity contribution in [3.05, 3.63) is 0 Å². The van der Waals surface area contributed by atoms with E-state index in [1.807, 2.05) is 6.92 Å². The van der Waals surface area contributed by atoms with Crippen LogP contribution < -0.4 is 5.32 Å². The highest BCUT2D eigenvalue weighted by atomic mass is 16.7. The molecular weight excluding hydrogens is 190 g/mol. The Kier molecular flexibility index (Phi) is 3.06. The molecule has 1 unspecified atom stereocenters. The first-order chi connectivity index (χ1) is 7.04. The summed E-state index contributed by atoms with van der Waals surface area (Å²) < 4.78 is 11.1. The van der Waals surface area contributed by atoms with Crippen LogP contribution in [0.4, 0.5) is 0 Å². The maximum Gasteiger partial charge on any atom is 0.166 e. The van der Waals surface area contributed by atoms with Crippen molar-refractivity contribution >= 4 is 0 Å². The smallest absolute Gasteiger partial charge is 0.166 e. The van der Waals surface area contributed by atoms with Crippen molar-refractivity contribution in [1.82, 2.24) is 5.32 Å². The minimum Gasteiger partial charge on any atom is -0.348 e. The molecule has 0 spiro atoms. The molecule has 0 bridgehead atoms. The minimum absolute atomic E-state index is 0.336. The highest BCUT2D eigenvalue weighted by Crippen LogP contribution is 2.47. The van der Waals surface area contributed by atoms with Gasteiger partial charge < -0.3 is 14.8 Å². The van der Waals surface area contributed by atoms with Crippen LogP contribution >= 0.6 is 0 Å². The van der Waals surface area contributed by atoms with Gasteiger partial charge in [0.25, 0.3) is 0 Å². The second-order valence-electron chi connectivity index (χ2n) is 5.41. The minimum atomic E-state index is -0.336. The Bertz CT molecular complexity index is 220. The molecule has 0 amide bonds. The van der Waals surface area contributed by atoms with E-state index in [9.17, 15) is 0 Å². The lowest BCUT2D eigenvalue weighted by molar-refractivity contribution is -0.145. The van der Waals surface area contributed by atoms with Gasteiger partial charge in [-0.15, -0.1) is 0 Å². The van der Waals surface area contributed by atoms with Crippen LogP contribution in [0.1, 0.15) is 40.0 Å². The van der Waals surface area contributed by atoms with Crippen molar-refractivity contribution in [3.63, 3.8) is 0 Å². The summed E-state index contributed by atoms with van der Waals surface area (Å²) in [5.74, 6) is -0.336. The number of nitrogens with one attached hydrogen (secondary N) is 1. The predicted molar refractivity (Wildman–Crippen MR) is 59.7 cm³/mol. The molecule has 1 aliphatic heterocycles. The van der Waals surface area contributed by atoms with E-state index >= 15 is 0 Å². The molecule has 0 aromatic carbocycles. The van der Waals surface area contributed by atoms with Crippen molar-refractivity contribution < 1.29 is 9.47 Å². The molecular formula is C12H23NO2. The Balaban J connectivity index is 1.66. The van der Waals surface area contributed by atoms with Crippen molar-refractivity contribution in [2.24, 2.45) is 5.41 Å². The molecule has 3 nitrogen and oxygen atoms in total. The lowest BCUT2D eigenvalue weighted by Gasteiger charge is -2.25. The second kappa shape index (κ2) is 4.04. The van der Waals surface area contributed by atoms with Crippen molar-refractivity contribution in [2.75, 3.05) is 19.8 Å². The van der Waals surface area contributed by atoms with Crippen LogP contribution in [-0.2, 0) is 9.47 Å². The Morgan fingerprint density at radius 3 is 2.33 bits per heavy atom. The Morgan fingerprint density at radius 2 is 1.80 bits per heavy atom. The lowest BCUT2D eigenvalue weighted by atomic mass is 10.0. The fraction of sp³-hybridized carbons (Fsp3) is 1.00. The molecule has 1 atom stereocenters.